The molecule has 46 valence electrons. The van der Waals surface area contributed by atoms with E-state index >= 15 is 0 Å². The Labute approximate surface area is 55.7 Å². The Morgan fingerprint density at radius 3 is 2.12 bits per heavy atom. The Bertz CT molecular complexity index is 105. The number of hydrogen-bond donors (Lipinski definition) is 2. The van der Waals surface area contributed by atoms with Gasteiger partial charge in [-0.05, 0) is 16.9 Å². The van der Waals surface area contributed by atoms with Gasteiger partial charge in [-0.25, -0.2) is 0 Å². The van der Waals surface area contributed by atoms with Gasteiger partial charge in [-0.2, -0.15) is 12.6 Å². The zero-order valence-electron chi connectivity index (χ0n) is 5.18. The fourth-order valence-electron chi connectivity index (χ4n) is 0.353. The van der Waals surface area contributed by atoms with Crippen LogP contribution in [0.15, 0.2) is 11.0 Å². The first-order valence-corrected chi connectivity index (χ1v) is 3.08. The predicted octanol–water partition coefficient (Wildman–Crippen LogP) is 2.11. The molecule has 0 aromatic rings. The lowest BCUT2D eigenvalue weighted by Crippen LogP contribution is -1.92. The van der Waals surface area contributed by atoms with Crippen molar-refractivity contribution in [1.82, 2.24) is 0 Å². The highest BCUT2D eigenvalue weighted by Crippen LogP contribution is 2.06. The van der Waals surface area contributed by atoms with Crippen LogP contribution in [0.1, 0.15) is 13.8 Å². The summed E-state index contributed by atoms with van der Waals surface area (Å²) in [5.74, 6) is 0.421. The average molecular weight is 129 g/mol. The lowest BCUT2D eigenvalue weighted by atomic mass is 10.1. The van der Waals surface area contributed by atoms with Crippen LogP contribution in [0.4, 0.5) is 0 Å². The van der Waals surface area contributed by atoms with Gasteiger partial charge in [0, 0.05) is 6.21 Å². The van der Waals surface area contributed by atoms with Crippen molar-refractivity contribution < 1.29 is 0 Å². The van der Waals surface area contributed by atoms with Gasteiger partial charge < -0.3 is 5.41 Å². The van der Waals surface area contributed by atoms with E-state index in [-0.39, 0.29) is 0 Å². The van der Waals surface area contributed by atoms with Crippen LogP contribution in [-0.2, 0) is 0 Å². The second-order valence-electron chi connectivity index (χ2n) is 1.93. The summed E-state index contributed by atoms with van der Waals surface area (Å²) in [6.07, 6.45) is 1.33. The number of allylic oxidation sites excluding steroid dienone is 1. The third-order valence-corrected chi connectivity index (χ3v) is 1.28. The van der Waals surface area contributed by atoms with E-state index in [2.05, 4.69) is 12.6 Å². The van der Waals surface area contributed by atoms with Crippen molar-refractivity contribution in [3.05, 3.63) is 11.0 Å². The van der Waals surface area contributed by atoms with Gasteiger partial charge in [0.05, 0.1) is 0 Å². The molecule has 0 aromatic carbocycles. The maximum atomic E-state index is 6.85. The second-order valence-corrected chi connectivity index (χ2v) is 2.19. The van der Waals surface area contributed by atoms with E-state index in [4.69, 9.17) is 5.41 Å². The summed E-state index contributed by atoms with van der Waals surface area (Å²) in [6, 6.07) is 0. The normalized spacial score (nSPS) is 12.2. The van der Waals surface area contributed by atoms with Crippen molar-refractivity contribution in [2.24, 2.45) is 5.92 Å². The molecule has 2 heteroatoms. The van der Waals surface area contributed by atoms with Crippen LogP contribution in [0.25, 0.3) is 0 Å². The zero-order valence-corrected chi connectivity index (χ0v) is 6.07. The van der Waals surface area contributed by atoms with Crippen molar-refractivity contribution in [3.8, 4) is 0 Å². The molecule has 0 spiro atoms. The number of nitrogens with one attached hydrogen (secondary N) is 1. The first-order chi connectivity index (χ1) is 3.72. The molecule has 0 aliphatic rings. The van der Waals surface area contributed by atoms with Crippen LogP contribution in [0.5, 0.6) is 0 Å². The minimum atomic E-state index is 0.421. The highest BCUT2D eigenvalue weighted by Gasteiger charge is 1.95. The summed E-state index contributed by atoms with van der Waals surface area (Å²) in [7, 11) is 0. The Hall–Kier alpha value is -0.240. The predicted molar refractivity (Wildman–Crippen MR) is 40.7 cm³/mol. The summed E-state index contributed by atoms with van der Waals surface area (Å²) in [5.41, 5.74) is 0.966. The van der Waals surface area contributed by atoms with Crippen LogP contribution < -0.4 is 0 Å². The summed E-state index contributed by atoms with van der Waals surface area (Å²) in [5, 5.41) is 8.51. The average Bonchev–Trinajstić information content (AvgIpc) is 1.69. The summed E-state index contributed by atoms with van der Waals surface area (Å²) in [6.45, 7) is 4.07. The maximum absolute atomic E-state index is 6.85. The minimum Gasteiger partial charge on any atom is -0.308 e. The van der Waals surface area contributed by atoms with Crippen molar-refractivity contribution in [3.63, 3.8) is 0 Å². The summed E-state index contributed by atoms with van der Waals surface area (Å²) in [4.78, 5) is 0. The van der Waals surface area contributed by atoms with E-state index in [0.29, 0.717) is 5.92 Å². The van der Waals surface area contributed by atoms with Gasteiger partial charge in [-0.15, -0.1) is 0 Å². The quantitative estimate of drug-likeness (QED) is 0.421. The van der Waals surface area contributed by atoms with Gasteiger partial charge in [0.25, 0.3) is 0 Å². The first kappa shape index (κ1) is 7.76. The molecule has 0 bridgehead atoms. The van der Waals surface area contributed by atoms with Crippen LogP contribution >= 0.6 is 12.6 Å². The molecule has 0 heterocycles. The van der Waals surface area contributed by atoms with Gasteiger partial charge in [0.15, 0.2) is 0 Å². The van der Waals surface area contributed by atoms with E-state index in [9.17, 15) is 0 Å². The molecular formula is C6H11NS. The van der Waals surface area contributed by atoms with E-state index in [0.717, 1.165) is 5.57 Å². The van der Waals surface area contributed by atoms with Gasteiger partial charge in [0.1, 0.15) is 0 Å². The lowest BCUT2D eigenvalue weighted by Gasteiger charge is -2.00. The number of rotatable bonds is 2. The molecule has 8 heavy (non-hydrogen) atoms. The SMILES string of the molecule is CC(C)/C(C=N)=C/S. The van der Waals surface area contributed by atoms with Gasteiger partial charge in [-0.1, -0.05) is 13.8 Å². The highest BCUT2D eigenvalue weighted by molar-refractivity contribution is 7.83. The topological polar surface area (TPSA) is 23.9 Å². The lowest BCUT2D eigenvalue weighted by molar-refractivity contribution is 0.808. The smallest absolute Gasteiger partial charge is 0.0217 e. The van der Waals surface area contributed by atoms with E-state index in [1.165, 1.54) is 6.21 Å². The Morgan fingerprint density at radius 1 is 1.62 bits per heavy atom. The van der Waals surface area contributed by atoms with Crippen molar-refractivity contribution in [2.75, 3.05) is 0 Å². The van der Waals surface area contributed by atoms with Gasteiger partial charge in [0.2, 0.25) is 0 Å². The molecule has 0 unspecified atom stereocenters. The maximum Gasteiger partial charge on any atom is 0.0217 e. The van der Waals surface area contributed by atoms with E-state index < -0.39 is 0 Å². The Balaban J connectivity index is 3.91. The molecule has 1 nitrogen and oxygen atoms in total. The van der Waals surface area contributed by atoms with Crippen molar-refractivity contribution in [2.45, 2.75) is 13.8 Å². The molecule has 0 saturated carbocycles. The molecule has 0 amide bonds. The van der Waals surface area contributed by atoms with Crippen LogP contribution in [0.3, 0.4) is 0 Å². The fourth-order valence-corrected chi connectivity index (χ4v) is 0.726. The molecule has 0 atom stereocenters. The minimum absolute atomic E-state index is 0.421. The molecule has 0 fully saturated rings. The molecule has 0 aliphatic heterocycles. The second kappa shape index (κ2) is 3.72. The molecule has 0 aromatic heterocycles. The Morgan fingerprint density at radius 2 is 2.12 bits per heavy atom. The standard InChI is InChI=1S/C6H11NS/c1-5(2)6(3-7)4-8/h3-5,7-8H,1-2H3/b6-4+,7-3?. The molecule has 1 N–H and O–H groups in total. The molecule has 0 saturated heterocycles. The van der Waals surface area contributed by atoms with Gasteiger partial charge in [-0.3, -0.25) is 0 Å². The highest BCUT2D eigenvalue weighted by atomic mass is 32.1. The number of hydrogen-bond acceptors (Lipinski definition) is 2. The van der Waals surface area contributed by atoms with E-state index in [1.54, 1.807) is 5.41 Å². The molecule has 0 rings (SSSR count). The monoisotopic (exact) mass is 129 g/mol. The summed E-state index contributed by atoms with van der Waals surface area (Å²) >= 11 is 3.92. The largest absolute Gasteiger partial charge is 0.308 e. The van der Waals surface area contributed by atoms with Crippen LogP contribution in [0, 0.1) is 11.3 Å². The Kier molecular flexibility index (Phi) is 3.61. The number of thiol groups is 1. The molecule has 0 aliphatic carbocycles. The third-order valence-electron chi connectivity index (χ3n) is 0.982. The fraction of sp³-hybridized carbons (Fsp3) is 0.500. The van der Waals surface area contributed by atoms with E-state index in [1.807, 2.05) is 13.8 Å². The molecule has 0 radical (unpaired) electrons. The van der Waals surface area contributed by atoms with Crippen LogP contribution in [0.2, 0.25) is 0 Å². The first-order valence-electron chi connectivity index (χ1n) is 2.57. The zero-order chi connectivity index (χ0) is 6.57. The van der Waals surface area contributed by atoms with Crippen molar-refractivity contribution in [1.29, 1.82) is 5.41 Å². The summed E-state index contributed by atoms with van der Waals surface area (Å²) < 4.78 is 0. The van der Waals surface area contributed by atoms with Crippen LogP contribution in [-0.4, -0.2) is 6.21 Å². The van der Waals surface area contributed by atoms with Gasteiger partial charge >= 0.3 is 0 Å². The third kappa shape index (κ3) is 2.17. The molecular weight excluding hydrogens is 118 g/mol. The van der Waals surface area contributed by atoms with Crippen molar-refractivity contribution >= 4 is 18.8 Å².